The minimum Gasteiger partial charge on any atom is -0.496 e. The van der Waals surface area contributed by atoms with Crippen molar-refractivity contribution in [3.05, 3.63) is 168 Å². The second kappa shape index (κ2) is 25.1. The summed E-state index contributed by atoms with van der Waals surface area (Å²) in [5.74, 6) is 0.735. The average molecular weight is 1110 g/mol. The molecule has 4 aromatic carbocycles. The fourth-order valence-electron chi connectivity index (χ4n) is 10.8. The zero-order valence-electron chi connectivity index (χ0n) is 42.7. The SMILES string of the molecule is COc1cc(Cc2ncc3c(n2)-c2ccc(Cl)cc2C(c2c(F)cccc2OC)=NC3)ccc1C(=O)CCCOCCCC(=O)CC(=O)N1CC(CC2CCCC2)N(c2ncc(Cl)cc2[N+](=O)[O-])[C@@H](c2ccc(Cl)cc2)C1. The number of rotatable bonds is 21. The highest BCUT2D eigenvalue weighted by atomic mass is 35.5. The number of nitro groups is 1. The van der Waals surface area contributed by atoms with Gasteiger partial charge in [0.25, 0.3) is 0 Å². The van der Waals surface area contributed by atoms with Crippen molar-refractivity contribution in [3.63, 3.8) is 0 Å². The van der Waals surface area contributed by atoms with Gasteiger partial charge in [0.15, 0.2) is 5.78 Å². The number of Topliss-reactive ketones (excluding diaryl/α,β-unsaturated/α-hetero) is 2. The molecule has 1 saturated carbocycles. The van der Waals surface area contributed by atoms with E-state index in [2.05, 4.69) is 9.97 Å². The maximum absolute atomic E-state index is 15.4. The van der Waals surface area contributed by atoms with Crippen LogP contribution in [0.2, 0.25) is 15.1 Å². The molecule has 6 aromatic rings. The van der Waals surface area contributed by atoms with Crippen LogP contribution in [-0.4, -0.2) is 94.5 Å². The summed E-state index contributed by atoms with van der Waals surface area (Å²) >= 11 is 19.0. The molecule has 2 aliphatic heterocycles. The van der Waals surface area contributed by atoms with Crippen molar-refractivity contribution in [3.8, 4) is 22.8 Å². The molecule has 0 bridgehead atoms. The number of carbonyl (C=O) groups excluding carboxylic acids is 3. The van der Waals surface area contributed by atoms with Gasteiger partial charge in [-0.25, -0.2) is 19.3 Å². The van der Waals surface area contributed by atoms with E-state index in [0.29, 0.717) is 88.1 Å². The molecule has 19 heteroatoms. The molecule has 9 rings (SSSR count). The Bertz CT molecular complexity index is 3210. The number of methoxy groups -OCH3 is 2. The molecule has 4 heterocycles. The average Bonchev–Trinajstić information content (AvgIpc) is 3.95. The molecule has 1 aliphatic carbocycles. The van der Waals surface area contributed by atoms with Gasteiger partial charge in [0.1, 0.15) is 28.9 Å². The van der Waals surface area contributed by atoms with E-state index in [4.69, 9.17) is 59.0 Å². The summed E-state index contributed by atoms with van der Waals surface area (Å²) in [4.78, 5) is 75.3. The van der Waals surface area contributed by atoms with Gasteiger partial charge in [-0.2, -0.15) is 0 Å². The van der Waals surface area contributed by atoms with Crippen LogP contribution < -0.4 is 14.4 Å². The van der Waals surface area contributed by atoms with Crippen LogP contribution in [0.1, 0.15) is 114 Å². The molecule has 400 valence electrons. The largest absolute Gasteiger partial charge is 0.496 e. The number of amides is 1. The molecule has 0 spiro atoms. The number of hydrogen-bond acceptors (Lipinski definition) is 13. The summed E-state index contributed by atoms with van der Waals surface area (Å²) in [6, 6.07) is 23.1. The Labute approximate surface area is 460 Å². The van der Waals surface area contributed by atoms with E-state index in [-0.39, 0.29) is 91.1 Å². The normalized spacial score (nSPS) is 16.3. The van der Waals surface area contributed by atoms with Crippen molar-refractivity contribution in [1.82, 2.24) is 19.9 Å². The van der Waals surface area contributed by atoms with E-state index in [1.165, 1.54) is 32.5 Å². The summed E-state index contributed by atoms with van der Waals surface area (Å²) in [6.45, 7) is 1.23. The number of nitrogens with zero attached hydrogens (tertiary/aromatic N) is 7. The number of hydrogen-bond donors (Lipinski definition) is 0. The minimum absolute atomic E-state index is 0.114. The molecule has 1 amide bonds. The first-order valence-corrected chi connectivity index (χ1v) is 26.8. The van der Waals surface area contributed by atoms with E-state index in [9.17, 15) is 24.5 Å². The molecule has 0 N–H and O–H groups in total. The van der Waals surface area contributed by atoms with E-state index in [1.54, 1.807) is 59.6 Å². The van der Waals surface area contributed by atoms with Gasteiger partial charge in [0.2, 0.25) is 11.7 Å². The first-order valence-electron chi connectivity index (χ1n) is 25.7. The van der Waals surface area contributed by atoms with Gasteiger partial charge in [-0.3, -0.25) is 29.5 Å². The lowest BCUT2D eigenvalue weighted by atomic mass is 9.91. The maximum Gasteiger partial charge on any atom is 0.313 e. The van der Waals surface area contributed by atoms with Crippen LogP contribution in [-0.2, 0) is 27.3 Å². The Morgan fingerprint density at radius 3 is 2.32 bits per heavy atom. The van der Waals surface area contributed by atoms with E-state index < -0.39 is 16.8 Å². The Kier molecular flexibility index (Phi) is 17.9. The predicted octanol–water partition coefficient (Wildman–Crippen LogP) is 12.3. The number of ether oxygens (including phenoxy) is 3. The lowest BCUT2D eigenvalue weighted by Gasteiger charge is -2.48. The van der Waals surface area contributed by atoms with Crippen molar-refractivity contribution in [2.75, 3.05) is 45.4 Å². The van der Waals surface area contributed by atoms with Crippen LogP contribution in [0, 0.1) is 21.8 Å². The summed E-state index contributed by atoms with van der Waals surface area (Å²) < 4.78 is 32.4. The fourth-order valence-corrected chi connectivity index (χ4v) is 11.2. The summed E-state index contributed by atoms with van der Waals surface area (Å²) in [7, 11) is 3.00. The van der Waals surface area contributed by atoms with Crippen molar-refractivity contribution in [2.24, 2.45) is 10.9 Å². The van der Waals surface area contributed by atoms with E-state index in [1.807, 2.05) is 29.2 Å². The molecule has 15 nitrogen and oxygen atoms in total. The van der Waals surface area contributed by atoms with Gasteiger partial charge in [0.05, 0.1) is 65.7 Å². The predicted molar refractivity (Wildman–Crippen MR) is 293 cm³/mol. The van der Waals surface area contributed by atoms with Crippen molar-refractivity contribution >= 4 is 69.5 Å². The van der Waals surface area contributed by atoms with Gasteiger partial charge >= 0.3 is 5.69 Å². The highest BCUT2D eigenvalue weighted by Gasteiger charge is 2.42. The Morgan fingerprint density at radius 1 is 0.818 bits per heavy atom. The number of halogens is 4. The zero-order valence-corrected chi connectivity index (χ0v) is 45.0. The molecule has 2 fully saturated rings. The van der Waals surface area contributed by atoms with Gasteiger partial charge in [-0.05, 0) is 84.8 Å². The van der Waals surface area contributed by atoms with Crippen molar-refractivity contribution in [2.45, 2.75) is 89.3 Å². The summed E-state index contributed by atoms with van der Waals surface area (Å²) in [5, 5.41) is 13.5. The number of pyridine rings is 1. The van der Waals surface area contributed by atoms with Crippen LogP contribution in [0.5, 0.6) is 11.5 Å². The lowest BCUT2D eigenvalue weighted by molar-refractivity contribution is -0.384. The number of ketones is 2. The molecule has 1 saturated heterocycles. The molecule has 2 aromatic heterocycles. The third kappa shape index (κ3) is 13.0. The standard InChI is InChI=1S/C58H57Cl3FN7O8/c1-75-51-13-5-11-47(62)55(51)57-46-27-40(60)19-21-44(46)56-38(31-64-57)30-63-53(66-56)26-36-14-20-45(52(25-36)76-2)50(71)12-7-23-77-22-6-10-43(70)29-54(72)67-33-42(24-35-8-3-4-9-35)68(49(34-67)37-15-17-39(59)18-16-37)58-48(69(73)74)28-41(61)32-65-58/h5,11,13-21,25,27-28,30,32,35,42,49H,3-4,6-10,12,22-24,26,29,31,33-34H2,1-2H3/t42?,49-/m1/s1. The molecule has 3 aliphatic rings. The third-order valence-electron chi connectivity index (χ3n) is 14.5. The molecule has 77 heavy (non-hydrogen) atoms. The molecule has 0 radical (unpaired) electrons. The van der Waals surface area contributed by atoms with E-state index in [0.717, 1.165) is 47.9 Å². The molecular weight excluding hydrogens is 1050 g/mol. The Morgan fingerprint density at radius 2 is 1.57 bits per heavy atom. The lowest BCUT2D eigenvalue weighted by Crippen LogP contribution is -2.57. The van der Waals surface area contributed by atoms with Crippen LogP contribution in [0.3, 0.4) is 0 Å². The first-order chi connectivity index (χ1) is 37.3. The monoisotopic (exact) mass is 1100 g/mol. The summed E-state index contributed by atoms with van der Waals surface area (Å²) in [6.07, 6.45) is 9.33. The van der Waals surface area contributed by atoms with Crippen LogP contribution in [0.25, 0.3) is 11.3 Å². The van der Waals surface area contributed by atoms with Gasteiger partial charge < -0.3 is 24.0 Å². The molecule has 2 atom stereocenters. The zero-order chi connectivity index (χ0) is 54.2. The van der Waals surface area contributed by atoms with Gasteiger partial charge in [-0.15, -0.1) is 0 Å². The molecule has 1 unspecified atom stereocenters. The number of piperazine rings is 1. The van der Waals surface area contributed by atoms with Gasteiger partial charge in [0, 0.05) is 96.8 Å². The van der Waals surface area contributed by atoms with Crippen LogP contribution >= 0.6 is 34.8 Å². The van der Waals surface area contributed by atoms with Crippen molar-refractivity contribution < 1.29 is 37.9 Å². The quantitative estimate of drug-likeness (QED) is 0.0219. The van der Waals surface area contributed by atoms with Crippen molar-refractivity contribution in [1.29, 1.82) is 0 Å². The number of aliphatic imine (C=N–C) groups is 1. The summed E-state index contributed by atoms with van der Waals surface area (Å²) in [5.41, 5.74) is 5.22. The second-order valence-electron chi connectivity index (χ2n) is 19.6. The maximum atomic E-state index is 15.4. The van der Waals surface area contributed by atoms with Crippen LogP contribution in [0.4, 0.5) is 15.9 Å². The smallest absolute Gasteiger partial charge is 0.313 e. The Hall–Kier alpha value is -6.85. The highest BCUT2D eigenvalue weighted by molar-refractivity contribution is 6.32. The second-order valence-corrected chi connectivity index (χ2v) is 20.9. The number of benzene rings is 4. The highest BCUT2D eigenvalue weighted by Crippen LogP contribution is 2.43. The minimum atomic E-state index is -0.514. The first kappa shape index (κ1) is 54.9. The Balaban J connectivity index is 0.770. The fraction of sp³-hybridized carbons (Fsp3) is 0.362. The van der Waals surface area contributed by atoms with Gasteiger partial charge in [-0.1, -0.05) is 90.8 Å². The molecular formula is C58H57Cl3FN7O8. The third-order valence-corrected chi connectivity index (χ3v) is 15.1. The topological polar surface area (TPSA) is 180 Å². The van der Waals surface area contributed by atoms with Crippen LogP contribution in [0.15, 0.2) is 102 Å². The number of carbonyl (C=O) groups is 3. The number of aromatic nitrogens is 3. The van der Waals surface area contributed by atoms with E-state index >= 15 is 4.39 Å². The number of fused-ring (bicyclic) bond motifs is 3. The number of anilines is 1.